The Balaban J connectivity index is 1.98. The first-order chi connectivity index (χ1) is 12.1. The van der Waals surface area contributed by atoms with Crippen molar-refractivity contribution in [1.82, 2.24) is 0 Å². The van der Waals surface area contributed by atoms with E-state index in [-0.39, 0.29) is 22.6 Å². The number of ether oxygens (including phenoxy) is 2. The highest BCUT2D eigenvalue weighted by Gasteiger charge is 2.18. The average Bonchev–Trinajstić information content (AvgIpc) is 2.61. The second-order valence-corrected chi connectivity index (χ2v) is 5.30. The van der Waals surface area contributed by atoms with Crippen molar-refractivity contribution >= 4 is 29.0 Å². The minimum atomic E-state index is -0.713. The number of para-hydroxylation sites is 1. The second kappa shape index (κ2) is 6.97. The predicted octanol–water partition coefficient (Wildman–Crippen LogP) is 3.80. The van der Waals surface area contributed by atoms with Gasteiger partial charge in [-0.1, -0.05) is 42.5 Å². The lowest BCUT2D eigenvalue weighted by molar-refractivity contribution is -0.131. The van der Waals surface area contributed by atoms with Crippen LogP contribution >= 0.6 is 0 Å². The number of rotatable bonds is 4. The third-order valence-corrected chi connectivity index (χ3v) is 3.61. The van der Waals surface area contributed by atoms with Crippen LogP contribution in [0, 0.1) is 0 Å². The van der Waals surface area contributed by atoms with Gasteiger partial charge in [0, 0.05) is 6.92 Å². The van der Waals surface area contributed by atoms with E-state index in [1.165, 1.54) is 19.1 Å². The normalized spacial score (nSPS) is 10.3. The van der Waals surface area contributed by atoms with Gasteiger partial charge in [-0.15, -0.1) is 0 Å². The van der Waals surface area contributed by atoms with Crippen molar-refractivity contribution in [3.8, 4) is 11.5 Å². The molecule has 0 saturated heterocycles. The molecule has 0 atom stereocenters. The Morgan fingerprint density at radius 2 is 1.56 bits per heavy atom. The first-order valence-electron chi connectivity index (χ1n) is 7.56. The molecule has 0 unspecified atom stereocenters. The smallest absolute Gasteiger partial charge is 0.347 e. The predicted molar refractivity (Wildman–Crippen MR) is 92.0 cm³/mol. The largest absolute Gasteiger partial charge is 0.426 e. The zero-order valence-electron chi connectivity index (χ0n) is 13.4. The molecule has 0 spiro atoms. The quantitative estimate of drug-likeness (QED) is 0.412. The Hall–Kier alpha value is -3.47. The highest BCUT2D eigenvalue weighted by Crippen LogP contribution is 2.28. The maximum absolute atomic E-state index is 12.5. The summed E-state index contributed by atoms with van der Waals surface area (Å²) in [6.45, 7) is 1.25. The monoisotopic (exact) mass is 334 g/mol. The van der Waals surface area contributed by atoms with Gasteiger partial charge in [-0.3, -0.25) is 9.59 Å². The van der Waals surface area contributed by atoms with Gasteiger partial charge < -0.3 is 9.47 Å². The van der Waals surface area contributed by atoms with Crippen LogP contribution in [0.25, 0.3) is 10.8 Å². The molecule has 5 heteroatoms. The molecule has 0 saturated carbocycles. The van der Waals surface area contributed by atoms with Crippen LogP contribution in [0.4, 0.5) is 0 Å². The number of esters is 2. The lowest BCUT2D eigenvalue weighted by atomic mass is 10.0. The lowest BCUT2D eigenvalue weighted by Crippen LogP contribution is -2.13. The summed E-state index contributed by atoms with van der Waals surface area (Å²) < 4.78 is 10.4. The van der Waals surface area contributed by atoms with Crippen molar-refractivity contribution in [3.63, 3.8) is 0 Å². The van der Waals surface area contributed by atoms with Crippen LogP contribution in [0.15, 0.2) is 60.7 Å². The lowest BCUT2D eigenvalue weighted by Gasteiger charge is -2.11. The third kappa shape index (κ3) is 3.40. The van der Waals surface area contributed by atoms with Crippen molar-refractivity contribution in [1.29, 1.82) is 0 Å². The van der Waals surface area contributed by atoms with Crippen molar-refractivity contribution in [2.45, 2.75) is 6.92 Å². The van der Waals surface area contributed by atoms with Crippen molar-refractivity contribution in [3.05, 3.63) is 71.8 Å². The van der Waals surface area contributed by atoms with Gasteiger partial charge in [-0.25, -0.2) is 4.79 Å². The Labute approximate surface area is 143 Å². The Morgan fingerprint density at radius 1 is 0.840 bits per heavy atom. The molecule has 0 amide bonds. The topological polar surface area (TPSA) is 69.7 Å². The molecule has 3 aromatic rings. The van der Waals surface area contributed by atoms with Gasteiger partial charge in [0.15, 0.2) is 6.29 Å². The molecule has 0 aliphatic carbocycles. The van der Waals surface area contributed by atoms with Crippen LogP contribution in [-0.4, -0.2) is 18.2 Å². The van der Waals surface area contributed by atoms with Gasteiger partial charge in [0.1, 0.15) is 17.1 Å². The fourth-order valence-electron chi connectivity index (χ4n) is 2.52. The molecule has 25 heavy (non-hydrogen) atoms. The molecule has 0 radical (unpaired) electrons. The maximum atomic E-state index is 12.5. The minimum absolute atomic E-state index is 0.0997. The molecule has 0 aromatic heterocycles. The fourth-order valence-corrected chi connectivity index (χ4v) is 2.52. The van der Waals surface area contributed by atoms with E-state index in [1.807, 2.05) is 12.1 Å². The molecule has 0 bridgehead atoms. The van der Waals surface area contributed by atoms with Crippen LogP contribution in [0.2, 0.25) is 0 Å². The molecular weight excluding hydrogens is 320 g/mol. The van der Waals surface area contributed by atoms with Crippen LogP contribution in [-0.2, 0) is 4.79 Å². The summed E-state index contributed by atoms with van der Waals surface area (Å²) in [6.07, 6.45) is 0.656. The van der Waals surface area contributed by atoms with Gasteiger partial charge in [0.2, 0.25) is 0 Å². The second-order valence-electron chi connectivity index (χ2n) is 5.30. The zero-order valence-corrected chi connectivity index (χ0v) is 13.4. The van der Waals surface area contributed by atoms with Crippen molar-refractivity contribution in [2.24, 2.45) is 0 Å². The molecule has 0 N–H and O–H groups in total. The number of carbonyl (C=O) groups is 3. The van der Waals surface area contributed by atoms with Gasteiger partial charge in [0.25, 0.3) is 0 Å². The first-order valence-corrected chi connectivity index (χ1v) is 7.56. The SMILES string of the molecule is CC(=O)Oc1ccccc1C(=O)Oc1ccc2ccccc2c1C=O. The summed E-state index contributed by atoms with van der Waals surface area (Å²) in [5.41, 5.74) is 0.388. The summed E-state index contributed by atoms with van der Waals surface area (Å²) in [5, 5.41) is 1.56. The van der Waals surface area contributed by atoms with Crippen LogP contribution in [0.5, 0.6) is 11.5 Å². The zero-order chi connectivity index (χ0) is 17.8. The molecule has 5 nitrogen and oxygen atoms in total. The molecule has 0 heterocycles. The highest BCUT2D eigenvalue weighted by molar-refractivity contribution is 6.02. The number of benzene rings is 3. The molecule has 0 aliphatic heterocycles. The minimum Gasteiger partial charge on any atom is -0.426 e. The van der Waals surface area contributed by atoms with E-state index in [1.54, 1.807) is 36.4 Å². The molecule has 124 valence electrons. The number of carbonyl (C=O) groups excluding carboxylic acids is 3. The summed E-state index contributed by atoms with van der Waals surface area (Å²) in [7, 11) is 0. The van der Waals surface area contributed by atoms with Gasteiger partial charge >= 0.3 is 11.9 Å². The molecular formula is C20H14O5. The van der Waals surface area contributed by atoms with Crippen molar-refractivity contribution < 1.29 is 23.9 Å². The Kier molecular flexibility index (Phi) is 4.57. The summed E-state index contributed by atoms with van der Waals surface area (Å²) in [4.78, 5) is 35.2. The van der Waals surface area contributed by atoms with E-state index in [2.05, 4.69) is 0 Å². The van der Waals surface area contributed by atoms with E-state index < -0.39 is 11.9 Å². The highest BCUT2D eigenvalue weighted by atomic mass is 16.5. The van der Waals surface area contributed by atoms with E-state index in [0.717, 1.165) is 5.39 Å². The molecule has 3 rings (SSSR count). The summed E-state index contributed by atoms with van der Waals surface area (Å²) in [6, 6.07) is 16.9. The fraction of sp³-hybridized carbons (Fsp3) is 0.0500. The molecule has 0 fully saturated rings. The first kappa shape index (κ1) is 16.4. The Morgan fingerprint density at radius 3 is 2.32 bits per heavy atom. The van der Waals surface area contributed by atoms with Crippen molar-refractivity contribution in [2.75, 3.05) is 0 Å². The van der Waals surface area contributed by atoms with E-state index in [0.29, 0.717) is 11.7 Å². The van der Waals surface area contributed by atoms with Crippen LogP contribution < -0.4 is 9.47 Å². The van der Waals surface area contributed by atoms with Gasteiger partial charge in [-0.2, -0.15) is 0 Å². The molecule has 3 aromatic carbocycles. The number of aldehydes is 1. The third-order valence-electron chi connectivity index (χ3n) is 3.61. The van der Waals surface area contributed by atoms with Gasteiger partial charge in [0.05, 0.1) is 5.56 Å². The maximum Gasteiger partial charge on any atom is 0.347 e. The molecule has 0 aliphatic rings. The number of hydrogen-bond acceptors (Lipinski definition) is 5. The average molecular weight is 334 g/mol. The summed E-state index contributed by atoms with van der Waals surface area (Å²) in [5.74, 6) is -1.00. The number of hydrogen-bond donors (Lipinski definition) is 0. The standard InChI is InChI=1S/C20H14O5/c1-13(22)24-18-9-5-4-8-16(18)20(23)25-19-11-10-14-6-2-3-7-15(14)17(19)12-21/h2-12H,1H3. The van der Waals surface area contributed by atoms with E-state index in [9.17, 15) is 14.4 Å². The van der Waals surface area contributed by atoms with Crippen LogP contribution in [0.3, 0.4) is 0 Å². The summed E-state index contributed by atoms with van der Waals surface area (Å²) >= 11 is 0. The van der Waals surface area contributed by atoms with Gasteiger partial charge in [-0.05, 0) is 29.0 Å². The number of fused-ring (bicyclic) bond motifs is 1. The van der Waals surface area contributed by atoms with E-state index in [4.69, 9.17) is 9.47 Å². The van der Waals surface area contributed by atoms with Crippen LogP contribution in [0.1, 0.15) is 27.6 Å². The van der Waals surface area contributed by atoms with E-state index >= 15 is 0 Å². The Bertz CT molecular complexity index is 975.